The van der Waals surface area contributed by atoms with Crippen LogP contribution in [0.5, 0.6) is 0 Å². The average molecular weight is 246 g/mol. The molecule has 0 aliphatic carbocycles. The van der Waals surface area contributed by atoms with E-state index in [0.29, 0.717) is 6.42 Å². The molecule has 0 bridgehead atoms. The van der Waals surface area contributed by atoms with Crippen molar-refractivity contribution in [3.05, 3.63) is 24.3 Å². The molecule has 2 amide bonds. The van der Waals surface area contributed by atoms with Crippen LogP contribution in [-0.4, -0.2) is 18.4 Å². The molecule has 18 heavy (non-hydrogen) atoms. The summed E-state index contributed by atoms with van der Waals surface area (Å²) in [6.07, 6.45) is 1.55. The van der Waals surface area contributed by atoms with E-state index in [2.05, 4.69) is 5.32 Å². The summed E-state index contributed by atoms with van der Waals surface area (Å²) in [6, 6.07) is 7.42. The highest BCUT2D eigenvalue weighted by Crippen LogP contribution is 2.23. The van der Waals surface area contributed by atoms with Crippen LogP contribution in [0, 0.1) is 5.92 Å². The highest BCUT2D eigenvalue weighted by atomic mass is 16.2. The molecule has 1 saturated heterocycles. The molecule has 1 aliphatic rings. The van der Waals surface area contributed by atoms with Gasteiger partial charge in [-0.25, -0.2) is 0 Å². The fourth-order valence-corrected chi connectivity index (χ4v) is 1.93. The lowest BCUT2D eigenvalue weighted by atomic mass is 10.2. The summed E-state index contributed by atoms with van der Waals surface area (Å²) in [5.41, 5.74) is 1.67. The van der Waals surface area contributed by atoms with E-state index >= 15 is 0 Å². The van der Waals surface area contributed by atoms with Gasteiger partial charge in [-0.2, -0.15) is 0 Å². The van der Waals surface area contributed by atoms with Crippen molar-refractivity contribution >= 4 is 23.2 Å². The van der Waals surface area contributed by atoms with Gasteiger partial charge >= 0.3 is 0 Å². The molecule has 1 aromatic rings. The molecule has 0 aromatic heterocycles. The van der Waals surface area contributed by atoms with Crippen LogP contribution in [0.25, 0.3) is 0 Å². The Bertz CT molecular complexity index is 451. The van der Waals surface area contributed by atoms with E-state index < -0.39 is 0 Å². The van der Waals surface area contributed by atoms with Crippen molar-refractivity contribution in [1.82, 2.24) is 0 Å². The van der Waals surface area contributed by atoms with E-state index in [4.69, 9.17) is 0 Å². The van der Waals surface area contributed by atoms with Crippen LogP contribution in [0.15, 0.2) is 24.3 Å². The summed E-state index contributed by atoms with van der Waals surface area (Å²) < 4.78 is 0. The van der Waals surface area contributed by atoms with Gasteiger partial charge in [0.1, 0.15) is 0 Å². The smallest absolute Gasteiger partial charge is 0.227 e. The van der Waals surface area contributed by atoms with E-state index in [1.54, 1.807) is 4.90 Å². The fraction of sp³-hybridized carbons (Fsp3) is 0.429. The fourth-order valence-electron chi connectivity index (χ4n) is 1.93. The molecule has 0 radical (unpaired) electrons. The van der Waals surface area contributed by atoms with Crippen molar-refractivity contribution in [3.63, 3.8) is 0 Å². The second kappa shape index (κ2) is 5.21. The predicted octanol–water partition coefficient (Wildman–Crippen LogP) is 2.41. The van der Waals surface area contributed by atoms with Crippen LogP contribution in [0.3, 0.4) is 0 Å². The quantitative estimate of drug-likeness (QED) is 0.890. The number of carbonyl (C=O) groups excluding carboxylic acids is 2. The Balaban J connectivity index is 2.06. The molecule has 1 aromatic carbocycles. The maximum absolute atomic E-state index is 11.6. The molecule has 0 unspecified atom stereocenters. The lowest BCUT2D eigenvalue weighted by Crippen LogP contribution is -2.23. The van der Waals surface area contributed by atoms with Gasteiger partial charge in [-0.3, -0.25) is 9.59 Å². The van der Waals surface area contributed by atoms with Crippen LogP contribution in [0.2, 0.25) is 0 Å². The summed E-state index contributed by atoms with van der Waals surface area (Å²) in [5.74, 6) is 0.138. The molecule has 1 N–H and O–H groups in total. The monoisotopic (exact) mass is 246 g/mol. The summed E-state index contributed by atoms with van der Waals surface area (Å²) in [4.78, 5) is 24.9. The molecule has 0 atom stereocenters. The summed E-state index contributed by atoms with van der Waals surface area (Å²) in [5, 5.41) is 2.83. The van der Waals surface area contributed by atoms with Crippen molar-refractivity contribution in [2.75, 3.05) is 16.8 Å². The van der Waals surface area contributed by atoms with Gasteiger partial charge in [-0.15, -0.1) is 0 Å². The zero-order valence-corrected chi connectivity index (χ0v) is 10.8. The van der Waals surface area contributed by atoms with Gasteiger partial charge in [0.15, 0.2) is 0 Å². The first-order valence-corrected chi connectivity index (χ1v) is 6.29. The van der Waals surface area contributed by atoms with E-state index in [0.717, 1.165) is 24.3 Å². The van der Waals surface area contributed by atoms with Crippen LogP contribution >= 0.6 is 0 Å². The van der Waals surface area contributed by atoms with E-state index in [-0.39, 0.29) is 17.7 Å². The Morgan fingerprint density at radius 1 is 1.28 bits per heavy atom. The summed E-state index contributed by atoms with van der Waals surface area (Å²) >= 11 is 0. The second-order valence-corrected chi connectivity index (χ2v) is 4.84. The van der Waals surface area contributed by atoms with Crippen molar-refractivity contribution in [1.29, 1.82) is 0 Å². The molecule has 4 nitrogen and oxygen atoms in total. The first-order valence-electron chi connectivity index (χ1n) is 6.29. The van der Waals surface area contributed by atoms with Crippen molar-refractivity contribution < 1.29 is 9.59 Å². The Hall–Kier alpha value is -1.84. The number of carbonyl (C=O) groups is 2. The molecule has 2 rings (SSSR count). The number of hydrogen-bond donors (Lipinski definition) is 1. The van der Waals surface area contributed by atoms with Gasteiger partial charge in [-0.05, 0) is 30.7 Å². The Morgan fingerprint density at radius 2 is 1.94 bits per heavy atom. The van der Waals surface area contributed by atoms with Gasteiger partial charge in [-0.1, -0.05) is 13.8 Å². The van der Waals surface area contributed by atoms with Gasteiger partial charge in [0.2, 0.25) is 11.8 Å². The van der Waals surface area contributed by atoms with E-state index in [1.165, 1.54) is 0 Å². The van der Waals surface area contributed by atoms with Crippen molar-refractivity contribution in [2.45, 2.75) is 26.7 Å². The van der Waals surface area contributed by atoms with Gasteiger partial charge in [0.25, 0.3) is 0 Å². The van der Waals surface area contributed by atoms with Crippen molar-refractivity contribution in [2.24, 2.45) is 5.92 Å². The topological polar surface area (TPSA) is 49.4 Å². The van der Waals surface area contributed by atoms with Crippen LogP contribution in [0.4, 0.5) is 11.4 Å². The summed E-state index contributed by atoms with van der Waals surface area (Å²) in [6.45, 7) is 4.50. The number of nitrogens with zero attached hydrogens (tertiary/aromatic N) is 1. The van der Waals surface area contributed by atoms with Crippen LogP contribution in [0.1, 0.15) is 26.7 Å². The number of nitrogens with one attached hydrogen (secondary N) is 1. The highest BCUT2D eigenvalue weighted by molar-refractivity contribution is 5.96. The minimum atomic E-state index is -0.0372. The molecule has 1 heterocycles. The van der Waals surface area contributed by atoms with Crippen LogP contribution in [-0.2, 0) is 9.59 Å². The maximum Gasteiger partial charge on any atom is 0.227 e. The number of hydrogen-bond acceptors (Lipinski definition) is 2. The maximum atomic E-state index is 11.6. The van der Waals surface area contributed by atoms with Gasteiger partial charge < -0.3 is 10.2 Å². The Morgan fingerprint density at radius 3 is 2.44 bits per heavy atom. The molecule has 0 saturated carbocycles. The first-order chi connectivity index (χ1) is 8.58. The van der Waals surface area contributed by atoms with Crippen molar-refractivity contribution in [3.8, 4) is 0 Å². The van der Waals surface area contributed by atoms with Gasteiger partial charge in [0, 0.05) is 30.3 Å². The average Bonchev–Trinajstić information content (AvgIpc) is 2.76. The molecular formula is C14H18N2O2. The number of rotatable bonds is 3. The van der Waals surface area contributed by atoms with Crippen LogP contribution < -0.4 is 10.2 Å². The van der Waals surface area contributed by atoms with E-state index in [1.807, 2.05) is 38.1 Å². The minimum absolute atomic E-state index is 0.00000102. The minimum Gasteiger partial charge on any atom is -0.326 e. The molecule has 1 fully saturated rings. The number of benzene rings is 1. The first kappa shape index (κ1) is 12.6. The third-order valence-corrected chi connectivity index (χ3v) is 3.04. The Labute approximate surface area is 107 Å². The standard InChI is InChI=1S/C14H18N2O2/c1-10(2)14(18)15-11-5-7-12(8-6-11)16-9-3-4-13(16)17/h5-8,10H,3-4,9H2,1-2H3,(H,15,18). The van der Waals surface area contributed by atoms with E-state index in [9.17, 15) is 9.59 Å². The predicted molar refractivity (Wildman–Crippen MR) is 71.5 cm³/mol. The molecule has 1 aliphatic heterocycles. The molecular weight excluding hydrogens is 228 g/mol. The normalized spacial score (nSPS) is 15.3. The lowest BCUT2D eigenvalue weighted by molar-refractivity contribution is -0.119. The lowest BCUT2D eigenvalue weighted by Gasteiger charge is -2.16. The molecule has 0 spiro atoms. The third-order valence-electron chi connectivity index (χ3n) is 3.04. The highest BCUT2D eigenvalue weighted by Gasteiger charge is 2.21. The zero-order valence-electron chi connectivity index (χ0n) is 10.8. The zero-order chi connectivity index (χ0) is 13.1. The number of amides is 2. The number of anilines is 2. The second-order valence-electron chi connectivity index (χ2n) is 4.84. The Kier molecular flexibility index (Phi) is 3.65. The molecule has 96 valence electrons. The third kappa shape index (κ3) is 2.70. The van der Waals surface area contributed by atoms with Gasteiger partial charge in [0.05, 0.1) is 0 Å². The molecule has 4 heteroatoms. The largest absolute Gasteiger partial charge is 0.326 e. The SMILES string of the molecule is CC(C)C(=O)Nc1ccc(N2CCCC2=O)cc1. The summed E-state index contributed by atoms with van der Waals surface area (Å²) in [7, 11) is 0.